The Balaban J connectivity index is 1.94. The molecular formula is C14H17ClN2OS. The fourth-order valence-electron chi connectivity index (χ4n) is 2.53. The van der Waals surface area contributed by atoms with Gasteiger partial charge in [-0.2, -0.15) is 4.98 Å². The highest BCUT2D eigenvalue weighted by molar-refractivity contribution is 7.18. The quantitative estimate of drug-likeness (QED) is 0.775. The van der Waals surface area contributed by atoms with Crippen molar-refractivity contribution in [1.29, 1.82) is 0 Å². The lowest BCUT2D eigenvalue weighted by atomic mass is 9.98. The van der Waals surface area contributed by atoms with Crippen molar-refractivity contribution in [3.8, 4) is 5.88 Å². The fraction of sp³-hybridized carbons (Fsp3) is 0.571. The monoisotopic (exact) mass is 296 g/mol. The lowest BCUT2D eigenvalue weighted by Crippen LogP contribution is -2.20. The molecule has 1 saturated carbocycles. The second kappa shape index (κ2) is 5.63. The molecule has 0 amide bonds. The van der Waals surface area contributed by atoms with Crippen LogP contribution in [0.25, 0.3) is 10.2 Å². The molecule has 1 aliphatic carbocycles. The lowest BCUT2D eigenvalue weighted by molar-refractivity contribution is 0.151. The van der Waals surface area contributed by atoms with Crippen LogP contribution in [0.3, 0.4) is 0 Å². The second-order valence-corrected chi connectivity index (χ2v) is 6.41. The van der Waals surface area contributed by atoms with Crippen molar-refractivity contribution in [3.05, 3.63) is 16.2 Å². The highest BCUT2D eigenvalue weighted by Crippen LogP contribution is 2.33. The maximum atomic E-state index is 6.08. The number of aromatic nitrogens is 2. The number of halogens is 1. The number of fused-ring (bicyclic) bond motifs is 1. The summed E-state index contributed by atoms with van der Waals surface area (Å²) in [6.45, 7) is 2.14. The molecule has 5 heteroatoms. The summed E-state index contributed by atoms with van der Waals surface area (Å²) in [5, 5.41) is 1.29. The molecular weight excluding hydrogens is 280 g/mol. The van der Waals surface area contributed by atoms with Crippen LogP contribution in [0.1, 0.15) is 43.9 Å². The van der Waals surface area contributed by atoms with E-state index in [1.807, 2.05) is 0 Å². The van der Waals surface area contributed by atoms with Crippen LogP contribution in [-0.2, 0) is 6.42 Å². The van der Waals surface area contributed by atoms with Crippen LogP contribution >= 0.6 is 22.9 Å². The molecule has 1 aliphatic rings. The van der Waals surface area contributed by atoms with Crippen LogP contribution in [-0.4, -0.2) is 16.1 Å². The van der Waals surface area contributed by atoms with E-state index in [9.17, 15) is 0 Å². The Morgan fingerprint density at radius 1 is 1.32 bits per heavy atom. The van der Waals surface area contributed by atoms with Crippen LogP contribution in [0.15, 0.2) is 6.07 Å². The molecule has 2 heterocycles. The van der Waals surface area contributed by atoms with E-state index in [-0.39, 0.29) is 11.4 Å². The lowest BCUT2D eigenvalue weighted by Gasteiger charge is -2.22. The van der Waals surface area contributed by atoms with Gasteiger partial charge in [0.25, 0.3) is 0 Å². The van der Waals surface area contributed by atoms with E-state index in [2.05, 4.69) is 23.0 Å². The summed E-state index contributed by atoms with van der Waals surface area (Å²) >= 11 is 7.67. The van der Waals surface area contributed by atoms with Crippen LogP contribution in [0.2, 0.25) is 5.28 Å². The Morgan fingerprint density at radius 3 is 2.84 bits per heavy atom. The van der Waals surface area contributed by atoms with Gasteiger partial charge in [0.15, 0.2) is 0 Å². The normalized spacial score (nSPS) is 16.9. The van der Waals surface area contributed by atoms with Crippen LogP contribution in [0.4, 0.5) is 0 Å². The third-order valence-corrected chi connectivity index (χ3v) is 4.90. The zero-order chi connectivity index (χ0) is 13.2. The highest BCUT2D eigenvalue weighted by Gasteiger charge is 2.18. The molecule has 0 atom stereocenters. The van der Waals surface area contributed by atoms with Gasteiger partial charge in [-0.25, -0.2) is 4.98 Å². The van der Waals surface area contributed by atoms with Gasteiger partial charge in [-0.15, -0.1) is 11.3 Å². The van der Waals surface area contributed by atoms with Gasteiger partial charge in [-0.1, -0.05) is 13.3 Å². The number of rotatable bonds is 3. The number of hydrogen-bond acceptors (Lipinski definition) is 4. The number of aryl methyl sites for hydroxylation is 1. The summed E-state index contributed by atoms with van der Waals surface area (Å²) in [6, 6.07) is 2.13. The van der Waals surface area contributed by atoms with Gasteiger partial charge in [-0.05, 0) is 49.8 Å². The van der Waals surface area contributed by atoms with Gasteiger partial charge in [-0.3, -0.25) is 0 Å². The first-order valence-electron chi connectivity index (χ1n) is 6.89. The maximum absolute atomic E-state index is 6.08. The minimum absolute atomic E-state index is 0.280. The van der Waals surface area contributed by atoms with Crippen molar-refractivity contribution in [2.75, 3.05) is 0 Å². The number of thiophene rings is 1. The van der Waals surface area contributed by atoms with E-state index in [1.165, 1.54) is 24.1 Å². The van der Waals surface area contributed by atoms with Gasteiger partial charge in [0.2, 0.25) is 11.2 Å². The standard InChI is InChI=1S/C14H17ClN2OS/c1-2-10-8-11-12(16-14(15)17-13(11)19-10)18-9-6-4-3-5-7-9/h8-9H,2-7H2,1H3. The SMILES string of the molecule is CCc1cc2c(OC3CCCCC3)nc(Cl)nc2s1. The first-order chi connectivity index (χ1) is 9.26. The molecule has 102 valence electrons. The molecule has 0 radical (unpaired) electrons. The molecule has 0 bridgehead atoms. The summed E-state index contributed by atoms with van der Waals surface area (Å²) in [4.78, 5) is 10.8. The van der Waals surface area contributed by atoms with Gasteiger partial charge >= 0.3 is 0 Å². The Kier molecular flexibility index (Phi) is 3.89. The van der Waals surface area contributed by atoms with Crippen molar-refractivity contribution >= 4 is 33.2 Å². The number of ether oxygens (including phenoxy) is 1. The topological polar surface area (TPSA) is 35.0 Å². The Labute approximate surface area is 122 Å². The number of nitrogens with zero attached hydrogens (tertiary/aromatic N) is 2. The first-order valence-corrected chi connectivity index (χ1v) is 8.08. The van der Waals surface area contributed by atoms with Gasteiger partial charge < -0.3 is 4.74 Å². The van der Waals surface area contributed by atoms with Crippen molar-refractivity contribution in [3.63, 3.8) is 0 Å². The Bertz CT molecular complexity index is 578. The van der Waals surface area contributed by atoms with Crippen LogP contribution in [0.5, 0.6) is 5.88 Å². The molecule has 1 fully saturated rings. The van der Waals surface area contributed by atoms with E-state index in [0.29, 0.717) is 5.88 Å². The molecule has 2 aromatic heterocycles. The molecule has 3 rings (SSSR count). The molecule has 3 nitrogen and oxygen atoms in total. The van der Waals surface area contributed by atoms with Crippen molar-refractivity contribution in [2.45, 2.75) is 51.6 Å². The average Bonchev–Trinajstić information content (AvgIpc) is 2.83. The molecule has 0 saturated heterocycles. The van der Waals surface area contributed by atoms with Crippen molar-refractivity contribution in [2.24, 2.45) is 0 Å². The molecule has 2 aromatic rings. The highest BCUT2D eigenvalue weighted by atomic mass is 35.5. The zero-order valence-corrected chi connectivity index (χ0v) is 12.6. The van der Waals surface area contributed by atoms with E-state index in [0.717, 1.165) is 29.5 Å². The first kappa shape index (κ1) is 13.1. The summed E-state index contributed by atoms with van der Waals surface area (Å²) < 4.78 is 6.08. The van der Waals surface area contributed by atoms with Gasteiger partial charge in [0, 0.05) is 4.88 Å². The average molecular weight is 297 g/mol. The molecule has 0 spiro atoms. The predicted molar refractivity (Wildman–Crippen MR) is 79.3 cm³/mol. The van der Waals surface area contributed by atoms with Crippen molar-refractivity contribution in [1.82, 2.24) is 9.97 Å². The summed E-state index contributed by atoms with van der Waals surface area (Å²) in [5.74, 6) is 0.665. The van der Waals surface area contributed by atoms with E-state index >= 15 is 0 Å². The van der Waals surface area contributed by atoms with Gasteiger partial charge in [0.1, 0.15) is 10.9 Å². The second-order valence-electron chi connectivity index (χ2n) is 4.96. The fourth-order valence-corrected chi connectivity index (χ4v) is 3.69. The number of hydrogen-bond donors (Lipinski definition) is 0. The molecule has 19 heavy (non-hydrogen) atoms. The largest absolute Gasteiger partial charge is 0.474 e. The van der Waals surface area contributed by atoms with Crippen LogP contribution in [0, 0.1) is 0 Å². The molecule has 0 N–H and O–H groups in total. The molecule has 0 aliphatic heterocycles. The summed E-state index contributed by atoms with van der Waals surface area (Å²) in [6.07, 6.45) is 7.34. The van der Waals surface area contributed by atoms with Crippen molar-refractivity contribution < 1.29 is 4.74 Å². The Hall–Kier alpha value is -0.870. The zero-order valence-electron chi connectivity index (χ0n) is 11.0. The van der Waals surface area contributed by atoms with E-state index in [4.69, 9.17) is 16.3 Å². The maximum Gasteiger partial charge on any atom is 0.227 e. The van der Waals surface area contributed by atoms with Gasteiger partial charge in [0.05, 0.1) is 5.39 Å². The third-order valence-electron chi connectivity index (χ3n) is 3.56. The predicted octanol–water partition coefficient (Wildman–Crippen LogP) is 4.62. The minimum atomic E-state index is 0.280. The Morgan fingerprint density at radius 2 is 2.11 bits per heavy atom. The minimum Gasteiger partial charge on any atom is -0.474 e. The van der Waals surface area contributed by atoms with Crippen LogP contribution < -0.4 is 4.74 Å². The van der Waals surface area contributed by atoms with E-state index in [1.54, 1.807) is 11.3 Å². The molecule has 0 aromatic carbocycles. The van der Waals surface area contributed by atoms with E-state index < -0.39 is 0 Å². The smallest absolute Gasteiger partial charge is 0.227 e. The third kappa shape index (κ3) is 2.84. The summed E-state index contributed by atoms with van der Waals surface area (Å²) in [7, 11) is 0. The molecule has 0 unspecified atom stereocenters. The summed E-state index contributed by atoms with van der Waals surface area (Å²) in [5.41, 5.74) is 0.